The van der Waals surface area contributed by atoms with Crippen LogP contribution in [0.15, 0.2) is 82.5 Å². The first-order chi connectivity index (χ1) is 17.5. The first-order valence-electron chi connectivity index (χ1n) is 11.7. The predicted octanol–water partition coefficient (Wildman–Crippen LogP) is 5.62. The molecule has 2 aliphatic heterocycles. The van der Waals surface area contributed by atoms with E-state index in [2.05, 4.69) is 16.7 Å². The number of nitrogens with one attached hydrogen (secondary N) is 2. The smallest absolute Gasteiger partial charge is 0.254 e. The van der Waals surface area contributed by atoms with Crippen molar-refractivity contribution < 1.29 is 23.5 Å². The number of hydrogen-bond acceptors (Lipinski definition) is 6. The number of fused-ring (bicyclic) bond motifs is 1. The van der Waals surface area contributed by atoms with Gasteiger partial charge >= 0.3 is 0 Å². The van der Waals surface area contributed by atoms with Gasteiger partial charge in [0.2, 0.25) is 6.79 Å². The van der Waals surface area contributed by atoms with Crippen LogP contribution in [0.25, 0.3) is 0 Å². The largest absolute Gasteiger partial charge is 0.454 e. The number of allylic oxidation sites excluding steroid dienone is 3. The number of dihydropyridines is 1. The Bertz CT molecular complexity index is 1440. The zero-order valence-electron chi connectivity index (χ0n) is 19.5. The molecule has 0 spiro atoms. The minimum Gasteiger partial charge on any atom is -0.454 e. The normalized spacial score (nSPS) is 20.8. The number of hydrogen-bond donors (Lipinski definition) is 2. The Balaban J connectivity index is 1.43. The Hall–Kier alpha value is -3.91. The van der Waals surface area contributed by atoms with E-state index in [0.29, 0.717) is 46.9 Å². The Morgan fingerprint density at radius 2 is 1.94 bits per heavy atom. The fraction of sp³-hybridized carbons (Fsp3) is 0.214. The zero-order valence-corrected chi connectivity index (χ0v) is 20.3. The minimum atomic E-state index is -0.596. The molecule has 2 N–H and O–H groups in total. The summed E-state index contributed by atoms with van der Waals surface area (Å²) in [7, 11) is 0. The average Bonchev–Trinajstić information content (AvgIpc) is 3.55. The summed E-state index contributed by atoms with van der Waals surface area (Å²) in [5.74, 6) is -0.129. The molecule has 0 saturated carbocycles. The maximum Gasteiger partial charge on any atom is 0.254 e. The second kappa shape index (κ2) is 8.95. The number of ether oxygens (including phenoxy) is 2. The van der Waals surface area contributed by atoms with E-state index in [1.165, 1.54) is 23.1 Å². The van der Waals surface area contributed by atoms with E-state index in [4.69, 9.17) is 9.47 Å². The highest BCUT2D eigenvalue weighted by Crippen LogP contribution is 2.47. The van der Waals surface area contributed by atoms with Crippen LogP contribution in [-0.4, -0.2) is 18.5 Å². The molecule has 36 heavy (non-hydrogen) atoms. The molecular weight excluding hydrogens is 479 g/mol. The van der Waals surface area contributed by atoms with E-state index in [-0.39, 0.29) is 18.5 Å². The molecule has 8 heteroatoms. The summed E-state index contributed by atoms with van der Waals surface area (Å²) in [5, 5.41) is 8.21. The van der Waals surface area contributed by atoms with Crippen molar-refractivity contribution in [3.63, 3.8) is 0 Å². The molecule has 2 aromatic carbocycles. The van der Waals surface area contributed by atoms with Gasteiger partial charge in [-0.15, -0.1) is 11.3 Å². The molecule has 1 aliphatic carbocycles. The topological polar surface area (TPSA) is 76.7 Å². The molecule has 0 fully saturated rings. The summed E-state index contributed by atoms with van der Waals surface area (Å²) in [5.41, 5.74) is 3.62. The third-order valence-electron chi connectivity index (χ3n) is 6.83. The molecule has 182 valence electrons. The number of carbonyl (C=O) groups excluding carboxylic acids is 2. The van der Waals surface area contributed by atoms with E-state index in [1.807, 2.05) is 30.5 Å². The molecule has 1 aromatic heterocycles. The number of amides is 1. The van der Waals surface area contributed by atoms with E-state index >= 15 is 0 Å². The fourth-order valence-electron chi connectivity index (χ4n) is 5.26. The van der Waals surface area contributed by atoms with E-state index in [1.54, 1.807) is 23.5 Å². The van der Waals surface area contributed by atoms with Gasteiger partial charge in [-0.1, -0.05) is 18.2 Å². The summed E-state index contributed by atoms with van der Waals surface area (Å²) in [6.07, 6.45) is 1.05. The third-order valence-corrected chi connectivity index (χ3v) is 7.87. The number of ketones is 1. The van der Waals surface area contributed by atoms with Crippen molar-refractivity contribution >= 4 is 28.7 Å². The van der Waals surface area contributed by atoms with Crippen LogP contribution in [0.4, 0.5) is 10.1 Å². The summed E-state index contributed by atoms with van der Waals surface area (Å²) < 4.78 is 24.8. The molecule has 6 nitrogen and oxygen atoms in total. The quantitative estimate of drug-likeness (QED) is 0.485. The van der Waals surface area contributed by atoms with Gasteiger partial charge in [-0.2, -0.15) is 0 Å². The van der Waals surface area contributed by atoms with Gasteiger partial charge in [0, 0.05) is 51.4 Å². The maximum atomic E-state index is 13.8. The molecule has 0 radical (unpaired) electrons. The van der Waals surface area contributed by atoms with Gasteiger partial charge in [-0.25, -0.2) is 4.39 Å². The zero-order chi connectivity index (χ0) is 24.8. The second-order valence-electron chi connectivity index (χ2n) is 9.11. The predicted molar refractivity (Wildman–Crippen MR) is 134 cm³/mol. The number of thiophene rings is 1. The second-order valence-corrected chi connectivity index (χ2v) is 10.1. The molecule has 1 amide bonds. The van der Waals surface area contributed by atoms with Crippen LogP contribution in [0.2, 0.25) is 0 Å². The molecule has 2 atom stereocenters. The van der Waals surface area contributed by atoms with Crippen LogP contribution in [0.1, 0.15) is 42.0 Å². The van der Waals surface area contributed by atoms with Gasteiger partial charge in [-0.05, 0) is 60.7 Å². The minimum absolute atomic E-state index is 0.00775. The van der Waals surface area contributed by atoms with Gasteiger partial charge in [0.15, 0.2) is 17.3 Å². The van der Waals surface area contributed by atoms with Crippen LogP contribution in [0.3, 0.4) is 0 Å². The van der Waals surface area contributed by atoms with Crippen molar-refractivity contribution in [3.05, 3.63) is 98.8 Å². The summed E-state index contributed by atoms with van der Waals surface area (Å²) >= 11 is 1.65. The van der Waals surface area contributed by atoms with Gasteiger partial charge in [-0.3, -0.25) is 9.59 Å². The van der Waals surface area contributed by atoms with Gasteiger partial charge in [0.05, 0.1) is 0 Å². The highest BCUT2D eigenvalue weighted by Gasteiger charge is 2.41. The lowest BCUT2D eigenvalue weighted by atomic mass is 9.72. The molecule has 6 rings (SSSR count). The first kappa shape index (κ1) is 22.5. The Morgan fingerprint density at radius 3 is 2.75 bits per heavy atom. The van der Waals surface area contributed by atoms with Gasteiger partial charge < -0.3 is 20.1 Å². The lowest BCUT2D eigenvalue weighted by Crippen LogP contribution is -2.37. The summed E-state index contributed by atoms with van der Waals surface area (Å²) in [4.78, 5) is 28.5. The number of Topliss-reactive ketones (excluding diaryl/α,β-unsaturated/α-hetero) is 1. The van der Waals surface area contributed by atoms with E-state index in [9.17, 15) is 14.0 Å². The molecule has 2 unspecified atom stereocenters. The number of halogens is 1. The highest BCUT2D eigenvalue weighted by molar-refractivity contribution is 7.10. The maximum absolute atomic E-state index is 13.8. The first-order valence-corrected chi connectivity index (χ1v) is 12.6. The molecule has 0 saturated heterocycles. The molecular formula is C28H23FN2O4S. The summed E-state index contributed by atoms with van der Waals surface area (Å²) in [6, 6.07) is 15.3. The third kappa shape index (κ3) is 3.97. The lowest BCUT2D eigenvalue weighted by Gasteiger charge is -2.36. The van der Waals surface area contributed by atoms with Crippen LogP contribution in [0.5, 0.6) is 11.5 Å². The molecule has 0 bridgehead atoms. The SMILES string of the molecule is CC1=C(C(=O)Nc2cccc(F)c2)C(c2ccc3c(c2)OCO3)C2=C(CC(c3cccs3)CC2=O)N1. The van der Waals surface area contributed by atoms with Crippen molar-refractivity contribution in [2.75, 3.05) is 12.1 Å². The monoisotopic (exact) mass is 502 g/mol. The Labute approximate surface area is 211 Å². The van der Waals surface area contributed by atoms with Crippen LogP contribution in [-0.2, 0) is 9.59 Å². The standard InChI is InChI=1S/C28H23FN2O4S/c1-15-25(28(33)31-19-5-2-4-18(29)13-19)26(16-7-8-22-23(12-16)35-14-34-22)27-20(30-15)10-17(11-21(27)32)24-6-3-9-36-24/h2-9,12-13,17,26,30H,10-11,14H2,1H3,(H,31,33). The van der Waals surface area contributed by atoms with E-state index in [0.717, 1.165) is 11.3 Å². The Kier molecular flexibility index (Phi) is 5.60. The number of carbonyl (C=O) groups is 2. The Morgan fingerprint density at radius 1 is 1.08 bits per heavy atom. The summed E-state index contributed by atoms with van der Waals surface area (Å²) in [6.45, 7) is 1.96. The van der Waals surface area contributed by atoms with Crippen LogP contribution < -0.4 is 20.1 Å². The van der Waals surface area contributed by atoms with Crippen molar-refractivity contribution in [1.29, 1.82) is 0 Å². The van der Waals surface area contributed by atoms with Gasteiger partial charge in [0.1, 0.15) is 5.82 Å². The molecule has 3 heterocycles. The molecule has 3 aliphatic rings. The lowest BCUT2D eigenvalue weighted by molar-refractivity contribution is -0.116. The number of anilines is 1. The van der Waals surface area contributed by atoms with Crippen LogP contribution >= 0.6 is 11.3 Å². The fourth-order valence-corrected chi connectivity index (χ4v) is 6.09. The number of benzene rings is 2. The highest BCUT2D eigenvalue weighted by atomic mass is 32.1. The molecule has 3 aromatic rings. The average molecular weight is 503 g/mol. The van der Waals surface area contributed by atoms with Crippen molar-refractivity contribution in [2.45, 2.75) is 31.6 Å². The van der Waals surface area contributed by atoms with E-state index < -0.39 is 17.6 Å². The van der Waals surface area contributed by atoms with Gasteiger partial charge in [0.25, 0.3) is 5.91 Å². The van der Waals surface area contributed by atoms with Crippen LogP contribution in [0, 0.1) is 5.82 Å². The number of rotatable bonds is 4. The van der Waals surface area contributed by atoms with Crippen molar-refractivity contribution in [2.24, 2.45) is 0 Å². The van der Waals surface area contributed by atoms with Crippen molar-refractivity contribution in [1.82, 2.24) is 5.32 Å². The van der Waals surface area contributed by atoms with Crippen molar-refractivity contribution in [3.8, 4) is 11.5 Å².